The fraction of sp³-hybridized carbons (Fsp3) is 0.200. The van der Waals surface area contributed by atoms with Crippen LogP contribution in [-0.2, 0) is 12.4 Å². The number of carbonyl (C=O) groups is 2. The van der Waals surface area contributed by atoms with Crippen LogP contribution in [0.25, 0.3) is 0 Å². The molecule has 0 spiro atoms. The Labute approximate surface area is 196 Å². The summed E-state index contributed by atoms with van der Waals surface area (Å²) in [6, 6.07) is 6.96. The molecule has 1 aromatic heterocycles. The number of nitrogens with zero attached hydrogens (tertiary/aromatic N) is 2. The Morgan fingerprint density at radius 3 is 2.06 bits per heavy atom. The maximum atomic E-state index is 13.0. The zero-order valence-electron chi connectivity index (χ0n) is 17.0. The first kappa shape index (κ1) is 25.5. The van der Waals surface area contributed by atoms with Gasteiger partial charge in [0.2, 0.25) is 5.13 Å². The Morgan fingerprint density at radius 2 is 1.53 bits per heavy atom. The number of anilines is 1. The highest BCUT2D eigenvalue weighted by Gasteiger charge is 2.37. The summed E-state index contributed by atoms with van der Waals surface area (Å²) in [5, 5.41) is 9.36. The van der Waals surface area contributed by atoms with Gasteiger partial charge in [-0.2, -0.15) is 26.3 Å². The monoisotopic (exact) mass is 521 g/mol. The van der Waals surface area contributed by atoms with Crippen LogP contribution in [-0.4, -0.2) is 34.8 Å². The number of amides is 1. The van der Waals surface area contributed by atoms with Crippen LogP contribution in [0.4, 0.5) is 31.5 Å². The van der Waals surface area contributed by atoms with E-state index in [4.69, 9.17) is 4.74 Å². The number of ketones is 1. The number of carbonyl (C=O) groups excluding carboxylic acids is 2. The molecule has 34 heavy (non-hydrogen) atoms. The number of hydrogen-bond donors (Lipinski definition) is 1. The molecule has 6 nitrogen and oxygen atoms in total. The Morgan fingerprint density at radius 1 is 0.941 bits per heavy atom. The van der Waals surface area contributed by atoms with E-state index in [0.717, 1.165) is 23.1 Å². The van der Waals surface area contributed by atoms with E-state index in [1.807, 2.05) is 0 Å². The van der Waals surface area contributed by atoms with Gasteiger partial charge >= 0.3 is 12.4 Å². The zero-order chi connectivity index (χ0) is 25.1. The van der Waals surface area contributed by atoms with E-state index in [-0.39, 0.29) is 27.1 Å². The van der Waals surface area contributed by atoms with Crippen molar-refractivity contribution in [2.24, 2.45) is 0 Å². The molecule has 0 radical (unpaired) electrons. The van der Waals surface area contributed by atoms with Crippen molar-refractivity contribution in [1.82, 2.24) is 10.2 Å². The normalized spacial score (nSPS) is 11.9. The van der Waals surface area contributed by atoms with Crippen LogP contribution >= 0.6 is 23.1 Å². The predicted octanol–water partition coefficient (Wildman–Crippen LogP) is 5.81. The molecule has 3 aromatic rings. The van der Waals surface area contributed by atoms with Crippen molar-refractivity contribution >= 4 is 39.9 Å². The number of Topliss-reactive ketones (excluding diaryl/α,β-unsaturated/α-hetero) is 1. The van der Waals surface area contributed by atoms with Crippen molar-refractivity contribution < 1.29 is 40.7 Å². The number of methoxy groups -OCH3 is 1. The van der Waals surface area contributed by atoms with Crippen LogP contribution in [0.5, 0.6) is 5.75 Å². The van der Waals surface area contributed by atoms with Crippen LogP contribution in [0.15, 0.2) is 46.8 Å². The summed E-state index contributed by atoms with van der Waals surface area (Å²) < 4.78 is 83.2. The van der Waals surface area contributed by atoms with Gasteiger partial charge < -0.3 is 4.74 Å². The molecule has 14 heteroatoms. The molecular weight excluding hydrogens is 508 g/mol. The average molecular weight is 521 g/mol. The topological polar surface area (TPSA) is 81.2 Å². The summed E-state index contributed by atoms with van der Waals surface area (Å²) in [5.74, 6) is -0.884. The first-order chi connectivity index (χ1) is 15.9. The summed E-state index contributed by atoms with van der Waals surface area (Å²) in [7, 11) is 1.49. The van der Waals surface area contributed by atoms with E-state index in [9.17, 15) is 35.9 Å². The number of ether oxygens (including phenoxy) is 1. The molecule has 0 fully saturated rings. The molecule has 180 valence electrons. The summed E-state index contributed by atoms with van der Waals surface area (Å²) in [6.45, 7) is 0. The van der Waals surface area contributed by atoms with E-state index in [1.54, 1.807) is 24.3 Å². The molecule has 0 aliphatic rings. The molecule has 0 saturated carbocycles. The summed E-state index contributed by atoms with van der Waals surface area (Å²) in [5.41, 5.74) is -3.64. The first-order valence-corrected chi connectivity index (χ1v) is 10.9. The third-order valence-electron chi connectivity index (χ3n) is 4.22. The van der Waals surface area contributed by atoms with Gasteiger partial charge in [-0.05, 0) is 42.5 Å². The summed E-state index contributed by atoms with van der Waals surface area (Å²) >= 11 is 1.81. The Hall–Kier alpha value is -3.13. The molecule has 0 aliphatic carbocycles. The lowest BCUT2D eigenvalue weighted by Gasteiger charge is -2.13. The largest absolute Gasteiger partial charge is 0.497 e. The molecule has 0 aliphatic heterocycles. The maximum Gasteiger partial charge on any atom is 0.416 e. The second-order valence-electron chi connectivity index (χ2n) is 6.56. The van der Waals surface area contributed by atoms with Crippen molar-refractivity contribution in [3.05, 3.63) is 64.7 Å². The van der Waals surface area contributed by atoms with E-state index >= 15 is 0 Å². The molecule has 2 aromatic carbocycles. The van der Waals surface area contributed by atoms with E-state index in [1.165, 1.54) is 7.11 Å². The van der Waals surface area contributed by atoms with Gasteiger partial charge in [0.15, 0.2) is 10.1 Å². The van der Waals surface area contributed by atoms with Gasteiger partial charge in [0.25, 0.3) is 5.91 Å². The number of thioether (sulfide) groups is 1. The van der Waals surface area contributed by atoms with Gasteiger partial charge in [0.05, 0.1) is 24.0 Å². The molecule has 0 saturated heterocycles. The van der Waals surface area contributed by atoms with Crippen molar-refractivity contribution in [2.75, 3.05) is 18.2 Å². The number of aromatic nitrogens is 2. The standard InChI is InChI=1S/C20H13F6N3O3S2/c1-32-14-4-2-10(3-5-14)15(30)9-33-18-29-28-17(34-18)27-16(31)11-6-12(19(21,22)23)8-13(7-11)20(24,25)26/h2-8H,9H2,1H3,(H,27,28,31). The molecule has 1 N–H and O–H groups in total. The Bertz CT molecular complexity index is 1160. The highest BCUT2D eigenvalue weighted by atomic mass is 32.2. The van der Waals surface area contributed by atoms with Crippen molar-refractivity contribution in [2.45, 2.75) is 16.7 Å². The summed E-state index contributed by atoms with van der Waals surface area (Å²) in [6.07, 6.45) is -10.2. The smallest absolute Gasteiger partial charge is 0.416 e. The van der Waals surface area contributed by atoms with Crippen molar-refractivity contribution in [3.63, 3.8) is 0 Å². The molecule has 0 atom stereocenters. The SMILES string of the molecule is COc1ccc(C(=O)CSc2nnc(NC(=O)c3cc(C(F)(F)F)cc(C(F)(F)F)c3)s2)cc1. The second-order valence-corrected chi connectivity index (χ2v) is 8.76. The summed E-state index contributed by atoms with van der Waals surface area (Å²) in [4.78, 5) is 24.6. The molecule has 3 rings (SSSR count). The number of halogens is 6. The van der Waals surface area contributed by atoms with Crippen LogP contribution in [0.2, 0.25) is 0 Å². The second kappa shape index (κ2) is 10.0. The highest BCUT2D eigenvalue weighted by molar-refractivity contribution is 8.01. The van der Waals surface area contributed by atoms with E-state index in [0.29, 0.717) is 23.4 Å². The lowest BCUT2D eigenvalue weighted by Crippen LogP contribution is -2.17. The molecule has 0 unspecified atom stereocenters. The number of rotatable bonds is 7. The lowest BCUT2D eigenvalue weighted by molar-refractivity contribution is -0.143. The van der Waals surface area contributed by atoms with Crippen molar-refractivity contribution in [3.8, 4) is 5.75 Å². The van der Waals surface area contributed by atoms with E-state index < -0.39 is 35.0 Å². The van der Waals surface area contributed by atoms with Gasteiger partial charge in [-0.15, -0.1) is 10.2 Å². The molecular formula is C20H13F6N3O3S2. The third kappa shape index (κ3) is 6.47. The third-order valence-corrected chi connectivity index (χ3v) is 6.19. The number of hydrogen-bond acceptors (Lipinski definition) is 7. The Balaban J connectivity index is 1.68. The maximum absolute atomic E-state index is 13.0. The minimum atomic E-state index is -5.08. The van der Waals surface area contributed by atoms with Gasteiger partial charge in [0.1, 0.15) is 5.75 Å². The molecule has 1 heterocycles. The number of alkyl halides is 6. The van der Waals surface area contributed by atoms with Crippen LogP contribution in [0.1, 0.15) is 31.8 Å². The van der Waals surface area contributed by atoms with Crippen LogP contribution in [0, 0.1) is 0 Å². The van der Waals surface area contributed by atoms with Gasteiger partial charge in [-0.3, -0.25) is 14.9 Å². The molecule has 0 bridgehead atoms. The Kier molecular flexibility index (Phi) is 7.51. The highest BCUT2D eigenvalue weighted by Crippen LogP contribution is 2.36. The zero-order valence-corrected chi connectivity index (χ0v) is 18.6. The van der Waals surface area contributed by atoms with Crippen LogP contribution in [0.3, 0.4) is 0 Å². The first-order valence-electron chi connectivity index (χ1n) is 9.11. The minimum absolute atomic E-state index is 0.0164. The van der Waals surface area contributed by atoms with Crippen LogP contribution < -0.4 is 10.1 Å². The van der Waals surface area contributed by atoms with E-state index in [2.05, 4.69) is 15.5 Å². The average Bonchev–Trinajstić information content (AvgIpc) is 3.23. The van der Waals surface area contributed by atoms with Gasteiger partial charge in [-0.25, -0.2) is 0 Å². The van der Waals surface area contributed by atoms with Gasteiger partial charge in [-0.1, -0.05) is 23.1 Å². The predicted molar refractivity (Wildman–Crippen MR) is 112 cm³/mol. The van der Waals surface area contributed by atoms with Crippen molar-refractivity contribution in [1.29, 1.82) is 0 Å². The molecule has 1 amide bonds. The fourth-order valence-corrected chi connectivity index (χ4v) is 4.20. The fourth-order valence-electron chi connectivity index (χ4n) is 2.56. The quantitative estimate of drug-likeness (QED) is 0.183. The number of benzene rings is 2. The van der Waals surface area contributed by atoms with Gasteiger partial charge in [0, 0.05) is 11.1 Å². The lowest BCUT2D eigenvalue weighted by atomic mass is 10.0. The number of nitrogens with one attached hydrogen (secondary N) is 1. The minimum Gasteiger partial charge on any atom is -0.497 e.